The standard InChI is InChI=1S/C21H32N4O/c1-14(2)25-19-13-9-8-12-18(19)24-20(25)15(3)23-21(26)16-10-6-4-5-7-11-17(16)22/h8-9,12-17H,4-7,10-11,22H2,1-3H3,(H,23,26). The van der Waals surface area contributed by atoms with Gasteiger partial charge in [-0.3, -0.25) is 4.79 Å². The normalized spacial score (nSPS) is 22.8. The Morgan fingerprint density at radius 2 is 1.85 bits per heavy atom. The molecule has 3 N–H and O–H groups in total. The number of nitrogens with one attached hydrogen (secondary N) is 1. The van der Waals surface area contributed by atoms with Crippen LogP contribution in [0.2, 0.25) is 0 Å². The zero-order valence-corrected chi connectivity index (χ0v) is 16.2. The van der Waals surface area contributed by atoms with Crippen molar-refractivity contribution in [2.24, 2.45) is 11.7 Å². The van der Waals surface area contributed by atoms with Crippen LogP contribution in [0.5, 0.6) is 0 Å². The van der Waals surface area contributed by atoms with E-state index in [0.29, 0.717) is 0 Å². The second-order valence-electron chi connectivity index (χ2n) is 7.91. The summed E-state index contributed by atoms with van der Waals surface area (Å²) in [6, 6.07) is 8.24. The molecule has 0 bridgehead atoms. The van der Waals surface area contributed by atoms with E-state index >= 15 is 0 Å². The number of imidazole rings is 1. The van der Waals surface area contributed by atoms with Crippen LogP contribution < -0.4 is 11.1 Å². The molecular formula is C21H32N4O. The van der Waals surface area contributed by atoms with Gasteiger partial charge in [0.25, 0.3) is 0 Å². The second kappa shape index (κ2) is 8.21. The Bertz CT molecular complexity index is 752. The molecule has 1 saturated carbocycles. The van der Waals surface area contributed by atoms with Crippen LogP contribution in [-0.4, -0.2) is 21.5 Å². The quantitative estimate of drug-likeness (QED) is 0.866. The van der Waals surface area contributed by atoms with Gasteiger partial charge in [0.05, 0.1) is 23.0 Å². The Labute approximate surface area is 156 Å². The van der Waals surface area contributed by atoms with Crippen LogP contribution in [0.15, 0.2) is 24.3 Å². The summed E-state index contributed by atoms with van der Waals surface area (Å²) in [5, 5.41) is 3.20. The monoisotopic (exact) mass is 356 g/mol. The lowest BCUT2D eigenvalue weighted by atomic mass is 9.86. The Morgan fingerprint density at radius 1 is 1.15 bits per heavy atom. The number of para-hydroxylation sites is 2. The van der Waals surface area contributed by atoms with Gasteiger partial charge in [-0.2, -0.15) is 0 Å². The van der Waals surface area contributed by atoms with Crippen LogP contribution in [0, 0.1) is 5.92 Å². The SMILES string of the molecule is CC(NC(=O)C1CCCCCCC1N)c1nc2ccccc2n1C(C)C. The number of carbonyl (C=O) groups is 1. The molecule has 1 aromatic carbocycles. The van der Waals surface area contributed by atoms with Crippen molar-refractivity contribution >= 4 is 16.9 Å². The first kappa shape index (κ1) is 18.9. The van der Waals surface area contributed by atoms with E-state index < -0.39 is 0 Å². The van der Waals surface area contributed by atoms with Crippen LogP contribution in [-0.2, 0) is 4.79 Å². The van der Waals surface area contributed by atoms with Crippen LogP contribution in [0.1, 0.15) is 77.2 Å². The van der Waals surface area contributed by atoms with Crippen LogP contribution in [0.25, 0.3) is 11.0 Å². The number of amides is 1. The first-order valence-electron chi connectivity index (χ1n) is 10.0. The number of hydrogen-bond acceptors (Lipinski definition) is 3. The van der Waals surface area contributed by atoms with Crippen molar-refractivity contribution in [1.29, 1.82) is 0 Å². The number of benzene rings is 1. The van der Waals surface area contributed by atoms with Crippen molar-refractivity contribution in [2.45, 2.75) is 77.4 Å². The molecule has 3 atom stereocenters. The molecule has 1 aromatic heterocycles. The van der Waals surface area contributed by atoms with Crippen LogP contribution in [0.4, 0.5) is 0 Å². The van der Waals surface area contributed by atoms with E-state index in [-0.39, 0.29) is 30.0 Å². The third kappa shape index (κ3) is 3.93. The van der Waals surface area contributed by atoms with Gasteiger partial charge >= 0.3 is 0 Å². The summed E-state index contributed by atoms with van der Waals surface area (Å²) in [5.74, 6) is 0.901. The van der Waals surface area contributed by atoms with Gasteiger partial charge < -0.3 is 15.6 Å². The molecule has 0 aliphatic heterocycles. The van der Waals surface area contributed by atoms with Gasteiger partial charge in [-0.25, -0.2) is 4.98 Å². The molecule has 3 unspecified atom stereocenters. The average molecular weight is 357 g/mol. The maximum atomic E-state index is 12.9. The number of nitrogens with zero attached hydrogens (tertiary/aromatic N) is 2. The minimum atomic E-state index is -0.144. The molecule has 0 radical (unpaired) electrons. The number of rotatable bonds is 4. The van der Waals surface area contributed by atoms with E-state index in [1.54, 1.807) is 0 Å². The molecule has 5 heteroatoms. The molecule has 142 valence electrons. The van der Waals surface area contributed by atoms with Gasteiger partial charge in [0.1, 0.15) is 5.82 Å². The van der Waals surface area contributed by atoms with Crippen molar-refractivity contribution in [2.75, 3.05) is 0 Å². The fourth-order valence-electron chi connectivity index (χ4n) is 4.13. The van der Waals surface area contributed by atoms with E-state index in [2.05, 4.69) is 29.8 Å². The van der Waals surface area contributed by atoms with Gasteiger partial charge in [0.15, 0.2) is 0 Å². The van der Waals surface area contributed by atoms with E-state index in [0.717, 1.165) is 42.5 Å². The first-order chi connectivity index (χ1) is 12.5. The molecule has 1 fully saturated rings. The summed E-state index contributed by atoms with van der Waals surface area (Å²) in [4.78, 5) is 17.7. The Morgan fingerprint density at radius 3 is 2.58 bits per heavy atom. The van der Waals surface area contributed by atoms with Crippen molar-refractivity contribution in [1.82, 2.24) is 14.9 Å². The zero-order valence-electron chi connectivity index (χ0n) is 16.2. The number of carbonyl (C=O) groups excluding carboxylic acids is 1. The van der Waals surface area contributed by atoms with Gasteiger partial charge in [0, 0.05) is 12.1 Å². The summed E-state index contributed by atoms with van der Waals surface area (Å²) >= 11 is 0. The molecule has 1 amide bonds. The fraction of sp³-hybridized carbons (Fsp3) is 0.619. The predicted molar refractivity (Wildman–Crippen MR) is 106 cm³/mol. The summed E-state index contributed by atoms with van der Waals surface area (Å²) in [6.45, 7) is 6.32. The molecule has 2 aromatic rings. The molecule has 1 heterocycles. The lowest BCUT2D eigenvalue weighted by molar-refractivity contribution is -0.126. The second-order valence-corrected chi connectivity index (χ2v) is 7.91. The van der Waals surface area contributed by atoms with Crippen molar-refractivity contribution < 1.29 is 4.79 Å². The number of hydrogen-bond donors (Lipinski definition) is 2. The van der Waals surface area contributed by atoms with Crippen LogP contribution in [0.3, 0.4) is 0 Å². The highest BCUT2D eigenvalue weighted by Gasteiger charge is 2.28. The molecule has 1 aliphatic rings. The van der Waals surface area contributed by atoms with E-state index in [4.69, 9.17) is 10.7 Å². The minimum Gasteiger partial charge on any atom is -0.346 e. The highest BCUT2D eigenvalue weighted by molar-refractivity contribution is 5.80. The van der Waals surface area contributed by atoms with Gasteiger partial charge in [0.2, 0.25) is 5.91 Å². The van der Waals surface area contributed by atoms with E-state index in [1.165, 1.54) is 12.8 Å². The maximum Gasteiger partial charge on any atom is 0.225 e. The number of nitrogens with two attached hydrogens (primary N) is 1. The lowest BCUT2D eigenvalue weighted by Crippen LogP contribution is -2.43. The summed E-state index contributed by atoms with van der Waals surface area (Å²) in [6.07, 6.45) is 6.48. The van der Waals surface area contributed by atoms with Crippen molar-refractivity contribution in [3.63, 3.8) is 0 Å². The fourth-order valence-corrected chi connectivity index (χ4v) is 4.13. The molecule has 3 rings (SSSR count). The third-order valence-corrected chi connectivity index (χ3v) is 5.54. The van der Waals surface area contributed by atoms with Gasteiger partial charge in [-0.05, 0) is 45.7 Å². The first-order valence-corrected chi connectivity index (χ1v) is 10.0. The van der Waals surface area contributed by atoms with Gasteiger partial charge in [-0.15, -0.1) is 0 Å². The minimum absolute atomic E-state index is 0.0357. The molecule has 1 aliphatic carbocycles. The van der Waals surface area contributed by atoms with Crippen molar-refractivity contribution in [3.05, 3.63) is 30.1 Å². The largest absolute Gasteiger partial charge is 0.346 e. The van der Waals surface area contributed by atoms with Gasteiger partial charge in [-0.1, -0.05) is 37.8 Å². The highest BCUT2D eigenvalue weighted by Crippen LogP contribution is 2.26. The molecule has 0 spiro atoms. The summed E-state index contributed by atoms with van der Waals surface area (Å²) in [7, 11) is 0. The molecule has 5 nitrogen and oxygen atoms in total. The molecular weight excluding hydrogens is 324 g/mol. The summed E-state index contributed by atoms with van der Waals surface area (Å²) in [5.41, 5.74) is 8.41. The third-order valence-electron chi connectivity index (χ3n) is 5.54. The number of aromatic nitrogens is 2. The maximum absolute atomic E-state index is 12.9. The van der Waals surface area contributed by atoms with E-state index in [1.807, 2.05) is 25.1 Å². The topological polar surface area (TPSA) is 72.9 Å². The number of fused-ring (bicyclic) bond motifs is 1. The highest BCUT2D eigenvalue weighted by atomic mass is 16.2. The predicted octanol–water partition coefficient (Wildman–Crippen LogP) is 4.09. The summed E-state index contributed by atoms with van der Waals surface area (Å²) < 4.78 is 2.22. The Hall–Kier alpha value is -1.88. The average Bonchev–Trinajstić information content (AvgIpc) is 2.98. The smallest absolute Gasteiger partial charge is 0.225 e. The molecule has 26 heavy (non-hydrogen) atoms. The van der Waals surface area contributed by atoms with E-state index in [9.17, 15) is 4.79 Å². The zero-order chi connectivity index (χ0) is 18.7. The Balaban J connectivity index is 1.81. The van der Waals surface area contributed by atoms with Crippen molar-refractivity contribution in [3.8, 4) is 0 Å². The Kier molecular flexibility index (Phi) is 5.97. The molecule has 0 saturated heterocycles. The lowest BCUT2D eigenvalue weighted by Gasteiger charge is -2.27. The van der Waals surface area contributed by atoms with Crippen LogP contribution >= 0.6 is 0 Å².